The molecule has 2 aliphatic rings. The predicted octanol–water partition coefficient (Wildman–Crippen LogP) is -2.29. The summed E-state index contributed by atoms with van der Waals surface area (Å²) < 4.78 is 9.89. The molecule has 0 aromatic carbocycles. The van der Waals surface area contributed by atoms with Crippen LogP contribution in [-0.4, -0.2) is 55.9 Å². The third-order valence-corrected chi connectivity index (χ3v) is 8.96. The van der Waals surface area contributed by atoms with E-state index in [1.165, 1.54) is 25.4 Å². The van der Waals surface area contributed by atoms with Crippen LogP contribution in [0.2, 0.25) is 0 Å². The number of nitrogens with zero attached hydrogens (tertiary/aromatic N) is 4. The Balaban J connectivity index is 0.00000288. The van der Waals surface area contributed by atoms with Crippen molar-refractivity contribution in [3.63, 3.8) is 0 Å². The van der Waals surface area contributed by atoms with Gasteiger partial charge in [0.05, 0.1) is 37.0 Å². The van der Waals surface area contributed by atoms with Gasteiger partial charge in [-0.25, -0.2) is 9.97 Å². The van der Waals surface area contributed by atoms with E-state index in [0.717, 1.165) is 91.1 Å². The average molecular weight is 769 g/mol. The zero-order chi connectivity index (χ0) is 31.7. The van der Waals surface area contributed by atoms with Crippen LogP contribution in [0.1, 0.15) is 98.4 Å². The van der Waals surface area contributed by atoms with Gasteiger partial charge in [0.2, 0.25) is 0 Å². The number of fused-ring (bicyclic) bond motifs is 8. The van der Waals surface area contributed by atoms with Gasteiger partial charge in [0.1, 0.15) is 0 Å². The van der Waals surface area contributed by atoms with Gasteiger partial charge in [0, 0.05) is 12.8 Å². The second-order valence-electron chi connectivity index (χ2n) is 11.4. The maximum atomic E-state index is 12.2. The molecule has 8 nitrogen and oxygen atoms in total. The first-order chi connectivity index (χ1) is 21.1. The van der Waals surface area contributed by atoms with Crippen LogP contribution in [0.25, 0.3) is 44.4 Å². The monoisotopic (exact) mass is 766 g/mol. The van der Waals surface area contributed by atoms with Gasteiger partial charge in [0.25, 0.3) is 0 Å². The maximum Gasteiger partial charge on any atom is 3.00 e. The molecule has 0 fully saturated rings. The molecule has 5 rings (SSSR count). The van der Waals surface area contributed by atoms with Crippen LogP contribution in [0.15, 0.2) is 24.3 Å². The van der Waals surface area contributed by atoms with Gasteiger partial charge in [0.15, 0.2) is 0 Å². The molecule has 5 heterocycles. The minimum absolute atomic E-state index is 0. The number of carbonyl (C=O) groups is 2. The molecular formula is C36H40Cl3GaN4O4-2. The van der Waals surface area contributed by atoms with Gasteiger partial charge in [-0.1, -0.05) is 60.4 Å². The van der Waals surface area contributed by atoms with Crippen molar-refractivity contribution in [2.75, 3.05) is 14.2 Å². The fraction of sp³-hybridized carbons (Fsp3) is 0.389. The number of methoxy groups -OCH3 is 2. The Hall–Kier alpha value is -2.95. The number of halogens is 3. The Bertz CT molecular complexity index is 1910. The summed E-state index contributed by atoms with van der Waals surface area (Å²) >= 11 is 0. The van der Waals surface area contributed by atoms with Crippen molar-refractivity contribution in [3.05, 3.63) is 69.3 Å². The Labute approximate surface area is 314 Å². The quantitative estimate of drug-likeness (QED) is 0.187. The van der Waals surface area contributed by atoms with Gasteiger partial charge in [-0.3, -0.25) is 9.59 Å². The number of aryl methyl sites for hydroxylation is 4. The Morgan fingerprint density at radius 3 is 1.54 bits per heavy atom. The van der Waals surface area contributed by atoms with Crippen molar-refractivity contribution in [3.8, 4) is 0 Å². The molecule has 254 valence electrons. The summed E-state index contributed by atoms with van der Waals surface area (Å²) in [6, 6.07) is 8.19. The molecule has 0 saturated heterocycles. The molecule has 0 amide bonds. The smallest absolute Gasteiger partial charge is 1.00 e. The predicted molar refractivity (Wildman–Crippen MR) is 180 cm³/mol. The summed E-state index contributed by atoms with van der Waals surface area (Å²) in [5.41, 5.74) is 15.3. The van der Waals surface area contributed by atoms with Crippen LogP contribution in [0.5, 0.6) is 0 Å². The number of hydrogen-bond donors (Lipinski definition) is 0. The van der Waals surface area contributed by atoms with Crippen molar-refractivity contribution >= 4 is 76.1 Å². The number of esters is 2. The standard InChI is InChI=1S/C36H40N4O4.3ClH.Ga/c1-9-23-19(3)27-15-28-21(5)25(11-13-35(41)43-7)33(39-28)18-34-26(12-14-36(42)44-8)22(6)30(40-34)17-32-24(10-2)20(4)29(38-32)16-31(23)37-27;;;;/h15-18H,9-14H2,1-8H3;3*1H;/q-2;;;;+3/p-3. The van der Waals surface area contributed by atoms with Crippen LogP contribution in [0.3, 0.4) is 0 Å². The molecule has 0 saturated carbocycles. The number of carbonyl (C=O) groups excluding carboxylic acids is 2. The first kappa shape index (κ1) is 43.1. The number of ether oxygens (including phenoxy) is 2. The van der Waals surface area contributed by atoms with Crippen LogP contribution < -0.4 is 47.2 Å². The molecule has 0 N–H and O–H groups in total. The van der Waals surface area contributed by atoms with E-state index in [-0.39, 0.29) is 81.8 Å². The van der Waals surface area contributed by atoms with Crippen LogP contribution in [-0.2, 0) is 31.9 Å². The van der Waals surface area contributed by atoms with Gasteiger partial charge >= 0.3 is 31.7 Å². The van der Waals surface area contributed by atoms with E-state index in [1.807, 2.05) is 26.0 Å². The third kappa shape index (κ3) is 8.42. The molecule has 0 spiro atoms. The number of hydrogen-bond acceptors (Lipinski definition) is 6. The van der Waals surface area contributed by atoms with Crippen molar-refractivity contribution in [1.29, 1.82) is 0 Å². The summed E-state index contributed by atoms with van der Waals surface area (Å²) in [7, 11) is 2.80. The molecule has 12 heteroatoms. The minimum Gasteiger partial charge on any atom is -1.00 e. The second-order valence-corrected chi connectivity index (χ2v) is 11.4. The normalized spacial score (nSPS) is 12.0. The van der Waals surface area contributed by atoms with Crippen LogP contribution >= 0.6 is 0 Å². The van der Waals surface area contributed by atoms with Gasteiger partial charge < -0.3 is 56.7 Å². The molecule has 3 aromatic rings. The molecule has 48 heavy (non-hydrogen) atoms. The Kier molecular flexibility index (Phi) is 16.3. The zero-order valence-electron chi connectivity index (χ0n) is 28.7. The SMILES string of the molecule is CCC1=C(C)c2cc3[n-]c(cc4nc(cc5[n-]c(cc1n2)c(C)c5CCC(=O)OC)C(CCC(=O)OC)=C4C)c(C)c3CC.[Cl-].[Cl-].[Cl-].[Ga+3]. The summed E-state index contributed by atoms with van der Waals surface area (Å²) in [6.07, 6.45) is 3.12. The second kappa shape index (κ2) is 18.2. The Morgan fingerprint density at radius 2 is 1.02 bits per heavy atom. The van der Waals surface area contributed by atoms with E-state index in [4.69, 9.17) is 29.4 Å². The fourth-order valence-corrected chi connectivity index (χ4v) is 6.25. The van der Waals surface area contributed by atoms with Crippen LogP contribution in [0.4, 0.5) is 0 Å². The number of allylic oxidation sites excluding steroid dienone is 4. The molecule has 0 radical (unpaired) electrons. The third-order valence-electron chi connectivity index (χ3n) is 8.96. The van der Waals surface area contributed by atoms with E-state index in [2.05, 4.69) is 39.8 Å². The van der Waals surface area contributed by atoms with Gasteiger partial charge in [-0.15, -0.1) is 22.1 Å². The van der Waals surface area contributed by atoms with Crippen molar-refractivity contribution < 1.29 is 56.3 Å². The summed E-state index contributed by atoms with van der Waals surface area (Å²) in [4.78, 5) is 44.6. The minimum atomic E-state index is -0.275. The van der Waals surface area contributed by atoms with Crippen molar-refractivity contribution in [2.24, 2.45) is 0 Å². The van der Waals surface area contributed by atoms with E-state index in [0.29, 0.717) is 12.8 Å². The van der Waals surface area contributed by atoms with E-state index in [1.54, 1.807) is 0 Å². The van der Waals surface area contributed by atoms with Crippen LogP contribution in [0, 0.1) is 13.8 Å². The van der Waals surface area contributed by atoms with Gasteiger partial charge in [-0.05, 0) is 75.7 Å². The first-order valence-electron chi connectivity index (χ1n) is 15.3. The molecule has 8 bridgehead atoms. The summed E-state index contributed by atoms with van der Waals surface area (Å²) in [6.45, 7) is 12.6. The van der Waals surface area contributed by atoms with Gasteiger partial charge in [-0.2, -0.15) is 0 Å². The number of rotatable bonds is 8. The number of aromatic nitrogens is 4. The first-order valence-corrected chi connectivity index (χ1v) is 15.3. The molecule has 0 aliphatic carbocycles. The average Bonchev–Trinajstić information content (AvgIpc) is 3.67. The molecule has 2 aliphatic heterocycles. The van der Waals surface area contributed by atoms with Crippen molar-refractivity contribution in [1.82, 2.24) is 19.9 Å². The van der Waals surface area contributed by atoms with Crippen molar-refractivity contribution in [2.45, 2.75) is 80.1 Å². The molecular weight excluding hydrogens is 729 g/mol. The van der Waals surface area contributed by atoms with E-state index >= 15 is 0 Å². The topological polar surface area (TPSA) is 107 Å². The maximum absolute atomic E-state index is 12.2. The van der Waals surface area contributed by atoms with E-state index in [9.17, 15) is 9.59 Å². The summed E-state index contributed by atoms with van der Waals surface area (Å²) in [5.74, 6) is -0.550. The fourth-order valence-electron chi connectivity index (χ4n) is 6.25. The molecule has 0 atom stereocenters. The van der Waals surface area contributed by atoms with E-state index < -0.39 is 0 Å². The molecule has 3 aromatic heterocycles. The largest absolute Gasteiger partial charge is 3.00 e. The summed E-state index contributed by atoms with van der Waals surface area (Å²) in [5, 5.41) is 0. The Morgan fingerprint density at radius 1 is 0.604 bits per heavy atom. The molecule has 0 unspecified atom stereocenters. The zero-order valence-corrected chi connectivity index (χ0v) is 33.4.